The highest BCUT2D eigenvalue weighted by Gasteiger charge is 2.47. The van der Waals surface area contributed by atoms with Crippen LogP contribution in [0.3, 0.4) is 0 Å². The summed E-state index contributed by atoms with van der Waals surface area (Å²) in [6.07, 6.45) is 11.3. The highest BCUT2D eigenvalue weighted by atomic mass is 16.2. The number of urea groups is 1. The third-order valence-electron chi connectivity index (χ3n) is 7.11. The summed E-state index contributed by atoms with van der Waals surface area (Å²) in [7, 11) is 0. The summed E-state index contributed by atoms with van der Waals surface area (Å²) in [5, 5.41) is 3.12. The fourth-order valence-corrected chi connectivity index (χ4v) is 5.41. The van der Waals surface area contributed by atoms with Crippen molar-refractivity contribution in [2.24, 2.45) is 17.3 Å². The second-order valence-corrected chi connectivity index (χ2v) is 9.54. The molecule has 3 rings (SSSR count). The smallest absolute Gasteiger partial charge is 0.317 e. The highest BCUT2D eigenvalue weighted by molar-refractivity contribution is 5.76. The number of rotatable bonds is 6. The Morgan fingerprint density at radius 2 is 1.74 bits per heavy atom. The maximum atomic E-state index is 12.7. The van der Waals surface area contributed by atoms with Gasteiger partial charge < -0.3 is 15.1 Å². The number of carbonyl (C=O) groups is 2. The van der Waals surface area contributed by atoms with Crippen LogP contribution in [-0.4, -0.2) is 54.5 Å². The van der Waals surface area contributed by atoms with E-state index in [1.54, 1.807) is 0 Å². The van der Waals surface area contributed by atoms with Crippen LogP contribution in [0.15, 0.2) is 0 Å². The third kappa shape index (κ3) is 5.17. The lowest BCUT2D eigenvalue weighted by Crippen LogP contribution is -2.40. The number of likely N-dealkylation sites (tertiary alicyclic amines) is 2. The van der Waals surface area contributed by atoms with Gasteiger partial charge in [0.2, 0.25) is 5.91 Å². The summed E-state index contributed by atoms with van der Waals surface area (Å²) in [5.41, 5.74) is 0.263. The van der Waals surface area contributed by atoms with Gasteiger partial charge in [-0.05, 0) is 55.8 Å². The predicted octanol–water partition coefficient (Wildman–Crippen LogP) is 4.03. The summed E-state index contributed by atoms with van der Waals surface area (Å²) in [6, 6.07) is 0.106. The van der Waals surface area contributed by atoms with E-state index in [0.29, 0.717) is 24.2 Å². The van der Waals surface area contributed by atoms with E-state index in [9.17, 15) is 9.59 Å². The first-order chi connectivity index (χ1) is 13.0. The Balaban J connectivity index is 1.56. The van der Waals surface area contributed by atoms with E-state index < -0.39 is 0 Å². The maximum absolute atomic E-state index is 12.7. The second-order valence-electron chi connectivity index (χ2n) is 9.54. The van der Waals surface area contributed by atoms with Crippen molar-refractivity contribution in [1.29, 1.82) is 0 Å². The van der Waals surface area contributed by atoms with E-state index >= 15 is 0 Å². The number of carbonyl (C=O) groups excluding carboxylic acids is 2. The van der Waals surface area contributed by atoms with Gasteiger partial charge in [0, 0.05) is 39.1 Å². The van der Waals surface area contributed by atoms with Crippen LogP contribution in [0.2, 0.25) is 0 Å². The first kappa shape index (κ1) is 20.5. The first-order valence-corrected chi connectivity index (χ1v) is 11.3. The predicted molar refractivity (Wildman–Crippen MR) is 108 cm³/mol. The lowest BCUT2D eigenvalue weighted by Gasteiger charge is -2.38. The lowest BCUT2D eigenvalue weighted by atomic mass is 9.66. The van der Waals surface area contributed by atoms with E-state index in [-0.39, 0.29) is 11.4 Å². The normalized spacial score (nSPS) is 24.8. The number of hydrogen-bond acceptors (Lipinski definition) is 2. The minimum atomic E-state index is 0.106. The maximum Gasteiger partial charge on any atom is 0.317 e. The monoisotopic (exact) mass is 377 g/mol. The Kier molecular flexibility index (Phi) is 7.04. The standard InChI is InChI=1S/C22H39N3O2/c1-18(2)10-13-23-21(27)25-16-19(22(17-25)11-4-3-5-12-22)8-9-20(26)24-14-6-7-15-24/h18-19H,3-17H2,1-2H3,(H,23,27). The summed E-state index contributed by atoms with van der Waals surface area (Å²) < 4.78 is 0. The Morgan fingerprint density at radius 3 is 2.41 bits per heavy atom. The molecule has 0 aromatic rings. The van der Waals surface area contributed by atoms with Crippen molar-refractivity contribution in [3.05, 3.63) is 0 Å². The molecule has 5 heteroatoms. The van der Waals surface area contributed by atoms with Gasteiger partial charge in [-0.2, -0.15) is 0 Å². The zero-order chi connectivity index (χ0) is 19.3. The quantitative estimate of drug-likeness (QED) is 0.760. The zero-order valence-electron chi connectivity index (χ0n) is 17.5. The molecule has 0 bridgehead atoms. The molecule has 27 heavy (non-hydrogen) atoms. The van der Waals surface area contributed by atoms with Crippen LogP contribution in [-0.2, 0) is 4.79 Å². The SMILES string of the molecule is CC(C)CCNC(=O)N1CC(CCC(=O)N2CCCC2)C2(CCCCC2)C1. The van der Waals surface area contributed by atoms with Crippen LogP contribution in [0.5, 0.6) is 0 Å². The van der Waals surface area contributed by atoms with Crippen LogP contribution in [0.25, 0.3) is 0 Å². The summed E-state index contributed by atoms with van der Waals surface area (Å²) in [5.74, 6) is 1.43. The van der Waals surface area contributed by atoms with Crippen molar-refractivity contribution in [2.45, 2.75) is 78.1 Å². The van der Waals surface area contributed by atoms with Crippen molar-refractivity contribution < 1.29 is 9.59 Å². The number of amides is 3. The van der Waals surface area contributed by atoms with Gasteiger partial charge in [-0.25, -0.2) is 4.79 Å². The third-order valence-corrected chi connectivity index (χ3v) is 7.11. The average Bonchev–Trinajstić information content (AvgIpc) is 3.29. The lowest BCUT2D eigenvalue weighted by molar-refractivity contribution is -0.130. The Labute approximate surface area is 165 Å². The molecule has 1 spiro atoms. The Hall–Kier alpha value is -1.26. The van der Waals surface area contributed by atoms with Crippen LogP contribution in [0, 0.1) is 17.3 Å². The molecule has 1 N–H and O–H groups in total. The largest absolute Gasteiger partial charge is 0.343 e. The molecule has 3 fully saturated rings. The van der Waals surface area contributed by atoms with E-state index in [1.165, 1.54) is 32.1 Å². The molecule has 154 valence electrons. The molecule has 2 heterocycles. The van der Waals surface area contributed by atoms with Gasteiger partial charge >= 0.3 is 6.03 Å². The van der Waals surface area contributed by atoms with Crippen LogP contribution < -0.4 is 5.32 Å². The van der Waals surface area contributed by atoms with Gasteiger partial charge in [0.25, 0.3) is 0 Å². The molecular formula is C22H39N3O2. The molecule has 2 aliphatic heterocycles. The van der Waals surface area contributed by atoms with Gasteiger partial charge in [0.05, 0.1) is 0 Å². The van der Waals surface area contributed by atoms with E-state index in [0.717, 1.165) is 58.4 Å². The fourth-order valence-electron chi connectivity index (χ4n) is 5.41. The average molecular weight is 378 g/mol. The number of hydrogen-bond donors (Lipinski definition) is 1. The van der Waals surface area contributed by atoms with E-state index in [1.807, 2.05) is 4.90 Å². The molecule has 3 aliphatic rings. The van der Waals surface area contributed by atoms with E-state index in [2.05, 4.69) is 24.1 Å². The van der Waals surface area contributed by atoms with E-state index in [4.69, 9.17) is 0 Å². The molecule has 1 aliphatic carbocycles. The highest BCUT2D eigenvalue weighted by Crippen LogP contribution is 2.49. The molecule has 1 saturated carbocycles. The van der Waals surface area contributed by atoms with Crippen molar-refractivity contribution in [2.75, 3.05) is 32.7 Å². The molecule has 1 unspecified atom stereocenters. The molecule has 0 aromatic carbocycles. The van der Waals surface area contributed by atoms with Crippen molar-refractivity contribution in [3.63, 3.8) is 0 Å². The number of nitrogens with zero attached hydrogens (tertiary/aromatic N) is 2. The molecule has 0 radical (unpaired) electrons. The molecule has 5 nitrogen and oxygen atoms in total. The van der Waals surface area contributed by atoms with Crippen molar-refractivity contribution in [3.8, 4) is 0 Å². The fraction of sp³-hybridized carbons (Fsp3) is 0.909. The van der Waals surface area contributed by atoms with Gasteiger partial charge in [-0.3, -0.25) is 4.79 Å². The van der Waals surface area contributed by atoms with Gasteiger partial charge in [-0.1, -0.05) is 33.1 Å². The molecular weight excluding hydrogens is 338 g/mol. The first-order valence-electron chi connectivity index (χ1n) is 11.3. The van der Waals surface area contributed by atoms with Gasteiger partial charge in [0.1, 0.15) is 0 Å². The second kappa shape index (κ2) is 9.29. The number of nitrogens with one attached hydrogen (secondary N) is 1. The Bertz CT molecular complexity index is 508. The van der Waals surface area contributed by atoms with Crippen molar-refractivity contribution >= 4 is 11.9 Å². The van der Waals surface area contributed by atoms with Crippen LogP contribution >= 0.6 is 0 Å². The summed E-state index contributed by atoms with van der Waals surface area (Å²) in [6.45, 7) is 8.75. The molecule has 3 amide bonds. The van der Waals surface area contributed by atoms with Crippen molar-refractivity contribution in [1.82, 2.24) is 15.1 Å². The molecule has 2 saturated heterocycles. The minimum Gasteiger partial charge on any atom is -0.343 e. The van der Waals surface area contributed by atoms with Gasteiger partial charge in [0.15, 0.2) is 0 Å². The zero-order valence-corrected chi connectivity index (χ0v) is 17.5. The molecule has 1 atom stereocenters. The van der Waals surface area contributed by atoms with Crippen LogP contribution in [0.4, 0.5) is 4.79 Å². The summed E-state index contributed by atoms with van der Waals surface area (Å²) in [4.78, 5) is 29.3. The molecule has 0 aromatic heterocycles. The summed E-state index contributed by atoms with van der Waals surface area (Å²) >= 11 is 0. The Morgan fingerprint density at radius 1 is 1.04 bits per heavy atom. The minimum absolute atomic E-state index is 0.106. The topological polar surface area (TPSA) is 52.7 Å². The van der Waals surface area contributed by atoms with Crippen LogP contribution in [0.1, 0.15) is 78.1 Å². The van der Waals surface area contributed by atoms with Gasteiger partial charge in [-0.15, -0.1) is 0 Å².